The maximum absolute atomic E-state index is 11.3. The quantitative estimate of drug-likeness (QED) is 0.502. The normalized spacial score (nSPS) is 10.4. The van der Waals surface area contributed by atoms with Crippen LogP contribution in [-0.4, -0.2) is 5.78 Å². The number of carbonyl (C=O) groups excluding carboxylic acids is 1. The SMILES string of the molecule is CC(=O)c1ccccc1C#CC(C)(C)C. The van der Waals surface area contributed by atoms with Gasteiger partial charge in [0.15, 0.2) is 5.78 Å². The fourth-order valence-corrected chi connectivity index (χ4v) is 1.15. The smallest absolute Gasteiger partial charge is 0.161 e. The Morgan fingerprint density at radius 3 is 2.33 bits per heavy atom. The van der Waals surface area contributed by atoms with Crippen LogP contribution in [0.15, 0.2) is 24.3 Å². The zero-order valence-corrected chi connectivity index (χ0v) is 9.72. The van der Waals surface area contributed by atoms with Gasteiger partial charge in [-0.2, -0.15) is 0 Å². The van der Waals surface area contributed by atoms with Crippen LogP contribution in [0.1, 0.15) is 43.6 Å². The molecule has 0 saturated heterocycles. The summed E-state index contributed by atoms with van der Waals surface area (Å²) in [5, 5.41) is 0. The molecule has 0 radical (unpaired) electrons. The van der Waals surface area contributed by atoms with Gasteiger partial charge in [0.1, 0.15) is 0 Å². The zero-order valence-electron chi connectivity index (χ0n) is 9.72. The van der Waals surface area contributed by atoms with Gasteiger partial charge in [-0.15, -0.1) is 0 Å². The predicted molar refractivity (Wildman–Crippen MR) is 62.8 cm³/mol. The minimum Gasteiger partial charge on any atom is -0.294 e. The summed E-state index contributed by atoms with van der Waals surface area (Å²) in [6.45, 7) is 7.72. The van der Waals surface area contributed by atoms with Gasteiger partial charge >= 0.3 is 0 Å². The van der Waals surface area contributed by atoms with E-state index in [-0.39, 0.29) is 11.2 Å². The highest BCUT2D eigenvalue weighted by atomic mass is 16.1. The van der Waals surface area contributed by atoms with Crippen LogP contribution in [0, 0.1) is 17.3 Å². The van der Waals surface area contributed by atoms with Gasteiger partial charge < -0.3 is 0 Å². The molecular formula is C14H16O. The van der Waals surface area contributed by atoms with Gasteiger partial charge in [0.2, 0.25) is 0 Å². The molecule has 0 N–H and O–H groups in total. The van der Waals surface area contributed by atoms with Crippen molar-refractivity contribution in [2.24, 2.45) is 5.41 Å². The van der Waals surface area contributed by atoms with Crippen molar-refractivity contribution in [2.75, 3.05) is 0 Å². The lowest BCUT2D eigenvalue weighted by molar-refractivity contribution is 0.101. The number of hydrogen-bond acceptors (Lipinski definition) is 1. The van der Waals surface area contributed by atoms with Crippen LogP contribution < -0.4 is 0 Å². The summed E-state index contributed by atoms with van der Waals surface area (Å²) >= 11 is 0. The number of Topliss-reactive ketones (excluding diaryl/α,β-unsaturated/α-hetero) is 1. The second-order valence-corrected chi connectivity index (χ2v) is 4.60. The molecule has 0 aliphatic heterocycles. The Bertz CT molecular complexity index is 425. The van der Waals surface area contributed by atoms with Crippen molar-refractivity contribution in [1.82, 2.24) is 0 Å². The molecule has 1 nitrogen and oxygen atoms in total. The highest BCUT2D eigenvalue weighted by molar-refractivity contribution is 5.96. The molecule has 1 rings (SSSR count). The number of rotatable bonds is 1. The third kappa shape index (κ3) is 3.59. The molecular weight excluding hydrogens is 184 g/mol. The van der Waals surface area contributed by atoms with Crippen LogP contribution in [0.5, 0.6) is 0 Å². The first kappa shape index (κ1) is 11.5. The van der Waals surface area contributed by atoms with E-state index < -0.39 is 0 Å². The van der Waals surface area contributed by atoms with E-state index in [0.717, 1.165) is 5.56 Å². The lowest BCUT2D eigenvalue weighted by atomic mass is 9.96. The molecule has 0 spiro atoms. The number of ketones is 1. The maximum Gasteiger partial charge on any atom is 0.161 e. The molecule has 78 valence electrons. The van der Waals surface area contributed by atoms with Crippen LogP contribution in [0.4, 0.5) is 0 Å². The van der Waals surface area contributed by atoms with Gasteiger partial charge in [0, 0.05) is 16.5 Å². The molecule has 0 unspecified atom stereocenters. The minimum atomic E-state index is -0.0378. The molecule has 0 bridgehead atoms. The molecule has 0 aliphatic rings. The van der Waals surface area contributed by atoms with Crippen molar-refractivity contribution in [3.63, 3.8) is 0 Å². The van der Waals surface area contributed by atoms with Crippen LogP contribution >= 0.6 is 0 Å². The second-order valence-electron chi connectivity index (χ2n) is 4.60. The van der Waals surface area contributed by atoms with Crippen molar-refractivity contribution in [3.05, 3.63) is 35.4 Å². The summed E-state index contributed by atoms with van der Waals surface area (Å²) in [6, 6.07) is 7.46. The lowest BCUT2D eigenvalue weighted by Crippen LogP contribution is -2.01. The predicted octanol–water partition coefficient (Wildman–Crippen LogP) is 3.29. The van der Waals surface area contributed by atoms with Gasteiger partial charge in [-0.25, -0.2) is 0 Å². The van der Waals surface area contributed by atoms with Crippen molar-refractivity contribution in [3.8, 4) is 11.8 Å². The average molecular weight is 200 g/mol. The van der Waals surface area contributed by atoms with E-state index in [1.165, 1.54) is 0 Å². The topological polar surface area (TPSA) is 17.1 Å². The first-order chi connectivity index (χ1) is 6.90. The third-order valence-corrected chi connectivity index (χ3v) is 1.88. The van der Waals surface area contributed by atoms with E-state index in [0.29, 0.717) is 5.56 Å². The summed E-state index contributed by atoms with van der Waals surface area (Å²) in [6.07, 6.45) is 0. The highest BCUT2D eigenvalue weighted by Gasteiger charge is 2.06. The molecule has 0 atom stereocenters. The first-order valence-corrected chi connectivity index (χ1v) is 5.03. The molecule has 0 heterocycles. The van der Waals surface area contributed by atoms with E-state index in [1.807, 2.05) is 24.3 Å². The molecule has 0 aliphatic carbocycles. The average Bonchev–Trinajstić information content (AvgIpc) is 2.14. The van der Waals surface area contributed by atoms with E-state index in [4.69, 9.17) is 0 Å². The lowest BCUT2D eigenvalue weighted by Gasteiger charge is -2.07. The molecule has 1 aromatic rings. The van der Waals surface area contributed by atoms with Crippen LogP contribution in [-0.2, 0) is 0 Å². The van der Waals surface area contributed by atoms with E-state index in [9.17, 15) is 4.79 Å². The number of benzene rings is 1. The number of carbonyl (C=O) groups is 1. The number of hydrogen-bond donors (Lipinski definition) is 0. The van der Waals surface area contributed by atoms with Gasteiger partial charge in [-0.3, -0.25) is 4.79 Å². The van der Waals surface area contributed by atoms with Crippen molar-refractivity contribution >= 4 is 5.78 Å². The Morgan fingerprint density at radius 2 is 1.80 bits per heavy atom. The summed E-state index contributed by atoms with van der Waals surface area (Å²) in [5.41, 5.74) is 1.48. The Hall–Kier alpha value is -1.55. The largest absolute Gasteiger partial charge is 0.294 e. The zero-order chi connectivity index (χ0) is 11.5. The Kier molecular flexibility index (Phi) is 3.31. The van der Waals surface area contributed by atoms with Crippen molar-refractivity contribution in [2.45, 2.75) is 27.7 Å². The van der Waals surface area contributed by atoms with Crippen LogP contribution in [0.25, 0.3) is 0 Å². The summed E-state index contributed by atoms with van der Waals surface area (Å²) in [4.78, 5) is 11.3. The van der Waals surface area contributed by atoms with Gasteiger partial charge in [-0.05, 0) is 33.8 Å². The standard InChI is InChI=1S/C14H16O/c1-11(15)13-8-6-5-7-12(13)9-10-14(2,3)4/h5-8H,1-4H3. The molecule has 1 aromatic carbocycles. The minimum absolute atomic E-state index is 0.0378. The Balaban J connectivity index is 3.14. The van der Waals surface area contributed by atoms with Crippen molar-refractivity contribution < 1.29 is 4.79 Å². The summed E-state index contributed by atoms with van der Waals surface area (Å²) in [5.74, 6) is 6.26. The Labute approximate surface area is 91.5 Å². The Morgan fingerprint density at radius 1 is 1.20 bits per heavy atom. The molecule has 0 aromatic heterocycles. The van der Waals surface area contributed by atoms with Crippen LogP contribution in [0.3, 0.4) is 0 Å². The third-order valence-electron chi connectivity index (χ3n) is 1.88. The first-order valence-electron chi connectivity index (χ1n) is 5.03. The van der Waals surface area contributed by atoms with E-state index >= 15 is 0 Å². The molecule has 0 fully saturated rings. The maximum atomic E-state index is 11.3. The summed E-state index contributed by atoms with van der Waals surface area (Å²) < 4.78 is 0. The second kappa shape index (κ2) is 4.31. The molecule has 1 heteroatoms. The monoisotopic (exact) mass is 200 g/mol. The highest BCUT2D eigenvalue weighted by Crippen LogP contribution is 2.13. The van der Waals surface area contributed by atoms with E-state index in [2.05, 4.69) is 32.6 Å². The van der Waals surface area contributed by atoms with Gasteiger partial charge in [-0.1, -0.05) is 30.0 Å². The van der Waals surface area contributed by atoms with E-state index in [1.54, 1.807) is 6.92 Å². The van der Waals surface area contributed by atoms with Gasteiger partial charge in [0.25, 0.3) is 0 Å². The fourth-order valence-electron chi connectivity index (χ4n) is 1.15. The fraction of sp³-hybridized carbons (Fsp3) is 0.357. The molecule has 15 heavy (non-hydrogen) atoms. The molecule has 0 amide bonds. The summed E-state index contributed by atoms with van der Waals surface area (Å²) in [7, 11) is 0. The molecule has 0 saturated carbocycles. The van der Waals surface area contributed by atoms with Crippen LogP contribution in [0.2, 0.25) is 0 Å². The van der Waals surface area contributed by atoms with Crippen molar-refractivity contribution in [1.29, 1.82) is 0 Å². The van der Waals surface area contributed by atoms with Gasteiger partial charge in [0.05, 0.1) is 0 Å².